The fraction of sp³-hybridized carbons (Fsp3) is 0.800. The molecule has 0 aliphatic carbocycles. The second-order valence-corrected chi connectivity index (χ2v) is 3.83. The molecule has 1 fully saturated rings. The summed E-state index contributed by atoms with van der Waals surface area (Å²) in [6.45, 7) is 5.09. The van der Waals surface area contributed by atoms with Gasteiger partial charge in [-0.2, -0.15) is 0 Å². The standard InChI is InChI=1S/C10H18N4O/c1-2-14-10(9(7-11)12-13-14)8-3-5-15-6-4-8/h8H,2-7,11H2,1H3. The second kappa shape index (κ2) is 4.72. The first-order chi connectivity index (χ1) is 7.36. The van der Waals surface area contributed by atoms with E-state index in [0.29, 0.717) is 12.5 Å². The number of aryl methyl sites for hydroxylation is 1. The summed E-state index contributed by atoms with van der Waals surface area (Å²) in [5, 5.41) is 8.25. The minimum absolute atomic E-state index is 0.479. The van der Waals surface area contributed by atoms with Crippen molar-refractivity contribution >= 4 is 0 Å². The molecule has 84 valence electrons. The Bertz CT molecular complexity index is 296. The van der Waals surface area contributed by atoms with Gasteiger partial charge in [0.05, 0.1) is 11.4 Å². The van der Waals surface area contributed by atoms with E-state index >= 15 is 0 Å². The highest BCUT2D eigenvalue weighted by atomic mass is 16.5. The van der Waals surface area contributed by atoms with Crippen molar-refractivity contribution < 1.29 is 4.74 Å². The molecular weight excluding hydrogens is 192 g/mol. The molecule has 0 spiro atoms. The van der Waals surface area contributed by atoms with Gasteiger partial charge < -0.3 is 10.5 Å². The van der Waals surface area contributed by atoms with Crippen molar-refractivity contribution in [1.29, 1.82) is 0 Å². The number of nitrogens with zero attached hydrogens (tertiary/aromatic N) is 3. The van der Waals surface area contributed by atoms with Crippen LogP contribution in [-0.4, -0.2) is 28.2 Å². The Kier molecular flexibility index (Phi) is 3.33. The molecule has 1 aromatic heterocycles. The van der Waals surface area contributed by atoms with Gasteiger partial charge >= 0.3 is 0 Å². The maximum Gasteiger partial charge on any atom is 0.0997 e. The molecule has 2 heterocycles. The van der Waals surface area contributed by atoms with Gasteiger partial charge in [0, 0.05) is 32.2 Å². The minimum Gasteiger partial charge on any atom is -0.381 e. The van der Waals surface area contributed by atoms with Crippen LogP contribution in [0.2, 0.25) is 0 Å². The molecule has 1 aromatic rings. The molecule has 0 radical (unpaired) electrons. The summed E-state index contributed by atoms with van der Waals surface area (Å²) in [5.41, 5.74) is 7.85. The monoisotopic (exact) mass is 210 g/mol. The van der Waals surface area contributed by atoms with Crippen LogP contribution in [0.3, 0.4) is 0 Å². The van der Waals surface area contributed by atoms with E-state index in [1.54, 1.807) is 0 Å². The van der Waals surface area contributed by atoms with Crippen molar-refractivity contribution in [2.45, 2.75) is 38.8 Å². The van der Waals surface area contributed by atoms with Crippen molar-refractivity contribution in [3.05, 3.63) is 11.4 Å². The lowest BCUT2D eigenvalue weighted by atomic mass is 9.95. The zero-order chi connectivity index (χ0) is 10.7. The zero-order valence-corrected chi connectivity index (χ0v) is 9.15. The fourth-order valence-electron chi connectivity index (χ4n) is 2.15. The van der Waals surface area contributed by atoms with E-state index in [-0.39, 0.29) is 0 Å². The minimum atomic E-state index is 0.479. The Hall–Kier alpha value is -0.940. The van der Waals surface area contributed by atoms with E-state index in [1.807, 2.05) is 4.68 Å². The maximum atomic E-state index is 5.68. The Balaban J connectivity index is 2.26. The van der Waals surface area contributed by atoms with Crippen LogP contribution in [0, 0.1) is 0 Å². The molecule has 1 aliphatic heterocycles. The molecule has 5 nitrogen and oxygen atoms in total. The van der Waals surface area contributed by atoms with Crippen LogP contribution >= 0.6 is 0 Å². The molecule has 2 rings (SSSR count). The summed E-state index contributed by atoms with van der Waals surface area (Å²) in [7, 11) is 0. The van der Waals surface area contributed by atoms with Crippen LogP contribution in [0.4, 0.5) is 0 Å². The first-order valence-corrected chi connectivity index (χ1v) is 5.56. The quantitative estimate of drug-likeness (QED) is 0.795. The van der Waals surface area contributed by atoms with Crippen LogP contribution < -0.4 is 5.73 Å². The lowest BCUT2D eigenvalue weighted by Crippen LogP contribution is -2.19. The molecular formula is C10H18N4O. The first kappa shape index (κ1) is 10.6. The summed E-state index contributed by atoms with van der Waals surface area (Å²) in [6, 6.07) is 0. The molecule has 0 unspecified atom stereocenters. The van der Waals surface area contributed by atoms with E-state index in [0.717, 1.165) is 38.3 Å². The molecule has 0 saturated carbocycles. The van der Waals surface area contributed by atoms with Crippen LogP contribution in [0.15, 0.2) is 0 Å². The summed E-state index contributed by atoms with van der Waals surface area (Å²) >= 11 is 0. The van der Waals surface area contributed by atoms with Crippen molar-refractivity contribution in [1.82, 2.24) is 15.0 Å². The highest BCUT2D eigenvalue weighted by molar-refractivity contribution is 5.16. The predicted molar refractivity (Wildman–Crippen MR) is 56.4 cm³/mol. The molecule has 2 N–H and O–H groups in total. The Morgan fingerprint density at radius 3 is 2.80 bits per heavy atom. The average molecular weight is 210 g/mol. The molecule has 0 bridgehead atoms. The van der Waals surface area contributed by atoms with Gasteiger partial charge in [-0.15, -0.1) is 5.10 Å². The van der Waals surface area contributed by atoms with Gasteiger partial charge in [0.2, 0.25) is 0 Å². The molecule has 0 amide bonds. The molecule has 5 heteroatoms. The van der Waals surface area contributed by atoms with E-state index in [2.05, 4.69) is 17.2 Å². The van der Waals surface area contributed by atoms with E-state index in [1.165, 1.54) is 5.69 Å². The highest BCUT2D eigenvalue weighted by Gasteiger charge is 2.23. The third-order valence-electron chi connectivity index (χ3n) is 2.95. The SMILES string of the molecule is CCn1nnc(CN)c1C1CCOCC1. The third-order valence-corrected chi connectivity index (χ3v) is 2.95. The number of hydrogen-bond donors (Lipinski definition) is 1. The molecule has 0 atom stereocenters. The van der Waals surface area contributed by atoms with Crippen molar-refractivity contribution in [3.8, 4) is 0 Å². The lowest BCUT2D eigenvalue weighted by molar-refractivity contribution is 0.0833. The van der Waals surface area contributed by atoms with Gasteiger partial charge in [-0.3, -0.25) is 0 Å². The molecule has 1 aliphatic rings. The third kappa shape index (κ3) is 2.03. The Morgan fingerprint density at radius 1 is 1.47 bits per heavy atom. The largest absolute Gasteiger partial charge is 0.381 e. The van der Waals surface area contributed by atoms with Gasteiger partial charge in [0.15, 0.2) is 0 Å². The predicted octanol–water partition coefficient (Wildman–Crippen LogP) is 0.651. The summed E-state index contributed by atoms with van der Waals surface area (Å²) < 4.78 is 7.33. The van der Waals surface area contributed by atoms with Crippen LogP contribution in [-0.2, 0) is 17.8 Å². The molecule has 0 aromatic carbocycles. The lowest BCUT2D eigenvalue weighted by Gasteiger charge is -2.23. The van der Waals surface area contributed by atoms with Gasteiger partial charge in [0.1, 0.15) is 0 Å². The van der Waals surface area contributed by atoms with Crippen molar-refractivity contribution in [2.75, 3.05) is 13.2 Å². The van der Waals surface area contributed by atoms with Crippen molar-refractivity contribution in [2.24, 2.45) is 5.73 Å². The summed E-state index contributed by atoms with van der Waals surface area (Å²) in [5.74, 6) is 0.521. The topological polar surface area (TPSA) is 66.0 Å². The maximum absolute atomic E-state index is 5.68. The highest BCUT2D eigenvalue weighted by Crippen LogP contribution is 2.28. The molecule has 15 heavy (non-hydrogen) atoms. The van der Waals surface area contributed by atoms with Gasteiger partial charge in [-0.25, -0.2) is 4.68 Å². The Morgan fingerprint density at radius 2 is 2.20 bits per heavy atom. The number of aromatic nitrogens is 3. The number of hydrogen-bond acceptors (Lipinski definition) is 4. The van der Waals surface area contributed by atoms with Crippen LogP contribution in [0.1, 0.15) is 37.1 Å². The normalized spacial score (nSPS) is 18.3. The second-order valence-electron chi connectivity index (χ2n) is 3.83. The van der Waals surface area contributed by atoms with E-state index < -0.39 is 0 Å². The number of nitrogens with two attached hydrogens (primary N) is 1. The van der Waals surface area contributed by atoms with E-state index in [4.69, 9.17) is 10.5 Å². The zero-order valence-electron chi connectivity index (χ0n) is 9.15. The fourth-order valence-corrected chi connectivity index (χ4v) is 2.15. The van der Waals surface area contributed by atoms with Gasteiger partial charge in [-0.1, -0.05) is 5.21 Å². The smallest absolute Gasteiger partial charge is 0.0997 e. The first-order valence-electron chi connectivity index (χ1n) is 5.56. The van der Waals surface area contributed by atoms with Gasteiger partial charge in [-0.05, 0) is 19.8 Å². The summed E-state index contributed by atoms with van der Waals surface area (Å²) in [6.07, 6.45) is 2.11. The van der Waals surface area contributed by atoms with Crippen LogP contribution in [0.25, 0.3) is 0 Å². The van der Waals surface area contributed by atoms with Crippen LogP contribution in [0.5, 0.6) is 0 Å². The van der Waals surface area contributed by atoms with Gasteiger partial charge in [0.25, 0.3) is 0 Å². The number of rotatable bonds is 3. The summed E-state index contributed by atoms with van der Waals surface area (Å²) in [4.78, 5) is 0. The Labute approximate surface area is 89.6 Å². The number of ether oxygens (including phenoxy) is 1. The molecule has 1 saturated heterocycles. The van der Waals surface area contributed by atoms with Crippen molar-refractivity contribution in [3.63, 3.8) is 0 Å². The average Bonchev–Trinajstić information content (AvgIpc) is 2.72. The van der Waals surface area contributed by atoms with E-state index in [9.17, 15) is 0 Å².